The summed E-state index contributed by atoms with van der Waals surface area (Å²) in [5.74, 6) is -0.800. The smallest absolute Gasteiger partial charge is 0.416 e. The SMILES string of the molecule is CCOC(=O)C1=C(SC)N=NC1(N)c1c(Cl)cc(C(F)(F)F)cc1Cl. The first-order chi connectivity index (χ1) is 11.6. The summed E-state index contributed by atoms with van der Waals surface area (Å²) < 4.78 is 43.6. The average molecular weight is 414 g/mol. The van der Waals surface area contributed by atoms with E-state index in [2.05, 4.69) is 10.2 Å². The summed E-state index contributed by atoms with van der Waals surface area (Å²) in [6.07, 6.45) is -3.01. The van der Waals surface area contributed by atoms with Crippen molar-refractivity contribution in [1.82, 2.24) is 0 Å². The van der Waals surface area contributed by atoms with Gasteiger partial charge in [0.05, 0.1) is 22.2 Å². The van der Waals surface area contributed by atoms with Gasteiger partial charge in [-0.05, 0) is 25.3 Å². The van der Waals surface area contributed by atoms with Gasteiger partial charge in [0.15, 0.2) is 5.66 Å². The van der Waals surface area contributed by atoms with Gasteiger partial charge in [0.1, 0.15) is 10.6 Å². The number of thioether (sulfide) groups is 1. The number of nitrogens with two attached hydrogens (primary N) is 1. The van der Waals surface area contributed by atoms with Gasteiger partial charge >= 0.3 is 12.1 Å². The zero-order valence-electron chi connectivity index (χ0n) is 12.9. The molecule has 1 aromatic carbocycles. The molecule has 1 atom stereocenters. The number of esters is 1. The molecule has 11 heteroatoms. The van der Waals surface area contributed by atoms with E-state index in [-0.39, 0.29) is 32.8 Å². The number of carbonyl (C=O) groups excluding carboxylic acids is 1. The van der Waals surface area contributed by atoms with Crippen LogP contribution in [-0.4, -0.2) is 18.8 Å². The molecule has 0 spiro atoms. The summed E-state index contributed by atoms with van der Waals surface area (Å²) in [4.78, 5) is 12.3. The summed E-state index contributed by atoms with van der Waals surface area (Å²) in [5, 5.41) is 7.08. The minimum Gasteiger partial charge on any atom is -0.462 e. The van der Waals surface area contributed by atoms with E-state index in [4.69, 9.17) is 33.7 Å². The standard InChI is InChI=1S/C14H12Cl2F3N3O2S/c1-3-24-12(23)10-11(25-2)21-22-13(10,20)9-7(15)4-6(5-8(9)16)14(17,18)19/h4-5H,3,20H2,1-2H3. The highest BCUT2D eigenvalue weighted by Crippen LogP contribution is 2.47. The molecule has 1 aliphatic rings. The van der Waals surface area contributed by atoms with Crippen LogP contribution in [0.5, 0.6) is 0 Å². The third-order valence-corrected chi connectivity index (χ3v) is 4.59. The Kier molecular flexibility index (Phi) is 5.72. The molecule has 0 amide bonds. The zero-order chi connectivity index (χ0) is 19.0. The van der Waals surface area contributed by atoms with E-state index in [9.17, 15) is 18.0 Å². The van der Waals surface area contributed by atoms with Crippen molar-refractivity contribution in [2.45, 2.75) is 18.8 Å². The van der Waals surface area contributed by atoms with Crippen LogP contribution in [0.1, 0.15) is 18.1 Å². The van der Waals surface area contributed by atoms with Crippen LogP contribution in [0.2, 0.25) is 10.0 Å². The molecule has 0 saturated carbocycles. The molecule has 2 N–H and O–H groups in total. The van der Waals surface area contributed by atoms with E-state index in [1.807, 2.05) is 0 Å². The van der Waals surface area contributed by atoms with Crippen LogP contribution in [0.3, 0.4) is 0 Å². The molecular formula is C14H12Cl2F3N3O2S. The summed E-state index contributed by atoms with van der Waals surface area (Å²) >= 11 is 13.1. The molecule has 1 aromatic rings. The highest BCUT2D eigenvalue weighted by Gasteiger charge is 2.47. The second-order valence-electron chi connectivity index (χ2n) is 4.88. The number of hydrogen-bond donors (Lipinski definition) is 1. The quantitative estimate of drug-likeness (QED) is 0.723. The number of azo groups is 1. The van der Waals surface area contributed by atoms with E-state index < -0.39 is 23.4 Å². The van der Waals surface area contributed by atoms with Gasteiger partial charge in [-0.15, -0.1) is 16.9 Å². The molecule has 0 bridgehead atoms. The van der Waals surface area contributed by atoms with Crippen molar-refractivity contribution in [1.29, 1.82) is 0 Å². The fourth-order valence-electron chi connectivity index (χ4n) is 2.25. The Morgan fingerprint density at radius 1 is 1.36 bits per heavy atom. The van der Waals surface area contributed by atoms with Crippen LogP contribution in [0.25, 0.3) is 0 Å². The highest BCUT2D eigenvalue weighted by molar-refractivity contribution is 8.02. The number of benzene rings is 1. The maximum absolute atomic E-state index is 12.9. The summed E-state index contributed by atoms with van der Waals surface area (Å²) in [6, 6.07) is 1.35. The van der Waals surface area contributed by atoms with Gasteiger partial charge in [0, 0.05) is 5.56 Å². The van der Waals surface area contributed by atoms with Crippen LogP contribution < -0.4 is 5.73 Å². The molecule has 1 aliphatic heterocycles. The average Bonchev–Trinajstić information content (AvgIpc) is 2.83. The van der Waals surface area contributed by atoms with Crippen LogP contribution >= 0.6 is 35.0 Å². The van der Waals surface area contributed by atoms with Crippen LogP contribution in [-0.2, 0) is 21.4 Å². The molecule has 1 unspecified atom stereocenters. The van der Waals surface area contributed by atoms with Crippen molar-refractivity contribution in [3.63, 3.8) is 0 Å². The van der Waals surface area contributed by atoms with Gasteiger partial charge < -0.3 is 4.74 Å². The van der Waals surface area contributed by atoms with Crippen molar-refractivity contribution in [3.05, 3.63) is 43.9 Å². The molecule has 0 aromatic heterocycles. The summed E-state index contributed by atoms with van der Waals surface area (Å²) in [5.41, 5.74) is 2.93. The number of carbonyl (C=O) groups is 1. The molecule has 0 fully saturated rings. The first kappa shape index (κ1) is 20.0. The molecule has 5 nitrogen and oxygen atoms in total. The molecule has 1 heterocycles. The van der Waals surface area contributed by atoms with Gasteiger partial charge in [-0.2, -0.15) is 18.3 Å². The van der Waals surface area contributed by atoms with E-state index >= 15 is 0 Å². The van der Waals surface area contributed by atoms with Crippen molar-refractivity contribution in [3.8, 4) is 0 Å². The van der Waals surface area contributed by atoms with Crippen molar-refractivity contribution >= 4 is 40.9 Å². The first-order valence-electron chi connectivity index (χ1n) is 6.80. The van der Waals surface area contributed by atoms with Crippen LogP contribution in [0, 0.1) is 0 Å². The van der Waals surface area contributed by atoms with E-state index in [1.54, 1.807) is 13.2 Å². The number of nitrogens with zero attached hydrogens (tertiary/aromatic N) is 2. The Balaban J connectivity index is 2.66. The normalized spacial score (nSPS) is 20.3. The van der Waals surface area contributed by atoms with Crippen molar-refractivity contribution in [2.75, 3.05) is 12.9 Å². The van der Waals surface area contributed by atoms with E-state index in [1.165, 1.54) is 0 Å². The lowest BCUT2D eigenvalue weighted by Crippen LogP contribution is -2.39. The summed E-state index contributed by atoms with van der Waals surface area (Å²) in [7, 11) is 0. The molecule has 0 radical (unpaired) electrons. The lowest BCUT2D eigenvalue weighted by Gasteiger charge is -2.25. The Hall–Kier alpha value is -1.29. The lowest BCUT2D eigenvalue weighted by atomic mass is 9.92. The monoisotopic (exact) mass is 413 g/mol. The second-order valence-corrected chi connectivity index (χ2v) is 6.49. The topological polar surface area (TPSA) is 77.0 Å². The number of alkyl halides is 3. The Labute approximate surface area is 155 Å². The lowest BCUT2D eigenvalue weighted by molar-refractivity contribution is -0.139. The Morgan fingerprint density at radius 2 is 1.92 bits per heavy atom. The predicted octanol–water partition coefficient (Wildman–Crippen LogP) is 4.73. The Bertz CT molecular complexity index is 760. The minimum atomic E-state index is -4.64. The fraction of sp³-hybridized carbons (Fsp3) is 0.357. The van der Waals surface area contributed by atoms with E-state index in [0.29, 0.717) is 12.1 Å². The van der Waals surface area contributed by atoms with Gasteiger partial charge in [0.25, 0.3) is 0 Å². The molecule has 136 valence electrons. The second kappa shape index (κ2) is 7.14. The third kappa shape index (κ3) is 3.64. The number of rotatable bonds is 4. The fourth-order valence-corrected chi connectivity index (χ4v) is 3.59. The summed E-state index contributed by atoms with van der Waals surface area (Å²) in [6.45, 7) is 1.66. The molecule has 0 aliphatic carbocycles. The molecule has 2 rings (SSSR count). The zero-order valence-corrected chi connectivity index (χ0v) is 15.3. The Morgan fingerprint density at radius 3 is 2.36 bits per heavy atom. The molecule has 0 saturated heterocycles. The van der Waals surface area contributed by atoms with Gasteiger partial charge in [-0.3, -0.25) is 5.73 Å². The maximum atomic E-state index is 12.9. The number of halogens is 5. The predicted molar refractivity (Wildman–Crippen MR) is 89.4 cm³/mol. The van der Waals surface area contributed by atoms with Crippen LogP contribution in [0.4, 0.5) is 13.2 Å². The number of hydrogen-bond acceptors (Lipinski definition) is 6. The molecular weight excluding hydrogens is 402 g/mol. The minimum absolute atomic E-state index is 0.0640. The van der Waals surface area contributed by atoms with Crippen LogP contribution in [0.15, 0.2) is 33.0 Å². The number of ether oxygens (including phenoxy) is 1. The van der Waals surface area contributed by atoms with E-state index in [0.717, 1.165) is 11.8 Å². The third-order valence-electron chi connectivity index (χ3n) is 3.32. The van der Waals surface area contributed by atoms with Crippen molar-refractivity contribution in [2.24, 2.45) is 16.0 Å². The maximum Gasteiger partial charge on any atom is 0.416 e. The van der Waals surface area contributed by atoms with Gasteiger partial charge in [-0.25, -0.2) is 4.79 Å². The van der Waals surface area contributed by atoms with Gasteiger partial charge in [0.2, 0.25) is 0 Å². The van der Waals surface area contributed by atoms with Crippen molar-refractivity contribution < 1.29 is 22.7 Å². The van der Waals surface area contributed by atoms with Gasteiger partial charge in [-0.1, -0.05) is 23.2 Å². The highest BCUT2D eigenvalue weighted by atomic mass is 35.5. The molecule has 25 heavy (non-hydrogen) atoms. The largest absolute Gasteiger partial charge is 0.462 e. The first-order valence-corrected chi connectivity index (χ1v) is 8.78.